The molecule has 0 saturated heterocycles. The molecule has 7 heteroatoms. The number of carbonyl (C=O) groups is 1. The van der Waals surface area contributed by atoms with Gasteiger partial charge in [0.15, 0.2) is 0 Å². The van der Waals surface area contributed by atoms with E-state index in [4.69, 9.17) is 4.74 Å². The summed E-state index contributed by atoms with van der Waals surface area (Å²) in [6.45, 7) is 9.04. The number of amides is 1. The number of likely N-dealkylation sites (N-methyl/N-ethyl adjacent to an activating group) is 1. The quantitative estimate of drug-likeness (QED) is 0.658. The Morgan fingerprint density at radius 1 is 1.32 bits per heavy atom. The molecule has 6 nitrogen and oxygen atoms in total. The predicted octanol–water partition coefficient (Wildman–Crippen LogP) is 3.58. The van der Waals surface area contributed by atoms with E-state index in [2.05, 4.69) is 16.8 Å². The fourth-order valence-corrected chi connectivity index (χ4v) is 3.91. The molecule has 182 valence electrons. The molecule has 1 N–H and O–H groups in total. The van der Waals surface area contributed by atoms with Crippen LogP contribution in [0.1, 0.15) is 49.2 Å². The van der Waals surface area contributed by atoms with E-state index in [0.29, 0.717) is 36.3 Å². The molecule has 1 amide bonds. The van der Waals surface area contributed by atoms with Gasteiger partial charge in [-0.1, -0.05) is 50.8 Å². The number of hydrogen-bond donors (Lipinski definition) is 1. The van der Waals surface area contributed by atoms with Crippen LogP contribution in [0.3, 0.4) is 0 Å². The smallest absolute Gasteiger partial charge is 0.259 e. The van der Waals surface area contributed by atoms with E-state index < -0.39 is 0 Å². The number of hydrogen-bond acceptors (Lipinski definition) is 5. The maximum absolute atomic E-state index is 14.1. The molecule has 1 aliphatic heterocycles. The van der Waals surface area contributed by atoms with Gasteiger partial charge in [0, 0.05) is 48.8 Å². The minimum absolute atomic E-state index is 0.0450. The second-order valence-corrected chi connectivity index (χ2v) is 9.41. The lowest BCUT2D eigenvalue weighted by atomic mass is 9.99. The monoisotopic (exact) mass is 467 g/mol. The van der Waals surface area contributed by atoms with Crippen LogP contribution < -0.4 is 4.74 Å². The summed E-state index contributed by atoms with van der Waals surface area (Å²) in [7, 11) is 1.92. The molecule has 3 atom stereocenters. The van der Waals surface area contributed by atoms with E-state index in [9.17, 15) is 14.3 Å². The molecule has 3 rings (SSSR count). The van der Waals surface area contributed by atoms with Crippen molar-refractivity contribution in [2.75, 3.05) is 26.7 Å². The number of rotatable bonds is 6. The minimum atomic E-state index is -0.358. The van der Waals surface area contributed by atoms with E-state index in [-0.39, 0.29) is 48.2 Å². The molecule has 0 saturated carbocycles. The van der Waals surface area contributed by atoms with Crippen molar-refractivity contribution >= 4 is 5.91 Å². The average Bonchev–Trinajstić information content (AvgIpc) is 2.81. The van der Waals surface area contributed by atoms with Crippen molar-refractivity contribution in [3.63, 3.8) is 0 Å². The van der Waals surface area contributed by atoms with Crippen molar-refractivity contribution in [2.24, 2.45) is 11.8 Å². The van der Waals surface area contributed by atoms with Crippen molar-refractivity contribution in [1.82, 2.24) is 14.8 Å². The zero-order valence-electron chi connectivity index (χ0n) is 20.6. The van der Waals surface area contributed by atoms with Gasteiger partial charge in [0.25, 0.3) is 5.91 Å². The molecule has 0 spiro atoms. The summed E-state index contributed by atoms with van der Waals surface area (Å²) in [5.74, 6) is 6.08. The first-order valence-corrected chi connectivity index (χ1v) is 11.7. The fourth-order valence-electron chi connectivity index (χ4n) is 3.91. The molecule has 0 fully saturated rings. The third-order valence-corrected chi connectivity index (χ3v) is 5.92. The van der Waals surface area contributed by atoms with E-state index >= 15 is 0 Å². The molecule has 0 aliphatic carbocycles. The van der Waals surface area contributed by atoms with Gasteiger partial charge >= 0.3 is 0 Å². The summed E-state index contributed by atoms with van der Waals surface area (Å²) >= 11 is 0. The van der Waals surface area contributed by atoms with Crippen molar-refractivity contribution in [3.8, 4) is 17.7 Å². The highest BCUT2D eigenvalue weighted by molar-refractivity contribution is 5.97. The van der Waals surface area contributed by atoms with Crippen LogP contribution in [0, 0.1) is 29.5 Å². The Hall–Kier alpha value is -2.95. The summed E-state index contributed by atoms with van der Waals surface area (Å²) in [4.78, 5) is 21.6. The van der Waals surface area contributed by atoms with Gasteiger partial charge in [0.2, 0.25) is 5.88 Å². The molecule has 1 aliphatic rings. The summed E-state index contributed by atoms with van der Waals surface area (Å²) < 4.78 is 20.4. The number of pyridine rings is 1. The van der Waals surface area contributed by atoms with Gasteiger partial charge in [0.1, 0.15) is 17.5 Å². The van der Waals surface area contributed by atoms with Crippen molar-refractivity contribution < 1.29 is 19.0 Å². The van der Waals surface area contributed by atoms with Gasteiger partial charge in [-0.05, 0) is 26.1 Å². The van der Waals surface area contributed by atoms with Crippen LogP contribution in [-0.4, -0.2) is 64.7 Å². The number of carbonyl (C=O) groups excluding carboxylic acids is 1. The number of halogens is 1. The first-order chi connectivity index (χ1) is 16.2. The Morgan fingerprint density at radius 3 is 2.74 bits per heavy atom. The maximum Gasteiger partial charge on any atom is 0.259 e. The number of aromatic nitrogens is 1. The van der Waals surface area contributed by atoms with Crippen molar-refractivity contribution in [2.45, 2.75) is 46.4 Å². The molecule has 0 radical (unpaired) electrons. The van der Waals surface area contributed by atoms with Gasteiger partial charge in [0.05, 0.1) is 12.6 Å². The first-order valence-electron chi connectivity index (χ1n) is 11.7. The zero-order chi connectivity index (χ0) is 24.8. The Kier molecular flexibility index (Phi) is 8.65. The van der Waals surface area contributed by atoms with Crippen LogP contribution in [0.2, 0.25) is 0 Å². The van der Waals surface area contributed by atoms with E-state index in [1.54, 1.807) is 29.3 Å². The van der Waals surface area contributed by atoms with Crippen LogP contribution >= 0.6 is 0 Å². The van der Waals surface area contributed by atoms with Crippen LogP contribution in [0.4, 0.5) is 4.39 Å². The molecular formula is C27H34FN3O3. The van der Waals surface area contributed by atoms with E-state index in [1.165, 1.54) is 6.07 Å². The highest BCUT2D eigenvalue weighted by Crippen LogP contribution is 2.27. The van der Waals surface area contributed by atoms with Gasteiger partial charge in [-0.25, -0.2) is 9.37 Å². The van der Waals surface area contributed by atoms with E-state index in [0.717, 1.165) is 0 Å². The minimum Gasteiger partial charge on any atom is -0.472 e. The van der Waals surface area contributed by atoms with E-state index in [1.807, 2.05) is 45.7 Å². The lowest BCUT2D eigenvalue weighted by Crippen LogP contribution is -2.49. The first kappa shape index (κ1) is 25.7. The van der Waals surface area contributed by atoms with Crippen molar-refractivity contribution in [3.05, 3.63) is 59.0 Å². The topological polar surface area (TPSA) is 65.9 Å². The number of aliphatic hydroxyl groups is 1. The van der Waals surface area contributed by atoms with Crippen LogP contribution in [0.5, 0.6) is 5.88 Å². The molecule has 1 aromatic heterocycles. The Morgan fingerprint density at radius 2 is 2.06 bits per heavy atom. The third kappa shape index (κ3) is 6.34. The SMILES string of the molecule is CC(C)C#Cc1cnc2c(c1)C(=O)N([C@H](C)CO)C[C@@H](C)[C@H](CN(C)Cc1ccccc1F)O2. The highest BCUT2D eigenvalue weighted by Gasteiger charge is 2.34. The summed E-state index contributed by atoms with van der Waals surface area (Å²) in [6.07, 6.45) is 1.32. The van der Waals surface area contributed by atoms with Crippen LogP contribution in [-0.2, 0) is 6.54 Å². The number of ether oxygens (including phenoxy) is 1. The lowest BCUT2D eigenvalue weighted by Gasteiger charge is -2.37. The normalized spacial score (nSPS) is 19.1. The number of benzene rings is 1. The number of aliphatic hydroxyl groups excluding tert-OH is 1. The van der Waals surface area contributed by atoms with Crippen LogP contribution in [0.15, 0.2) is 36.5 Å². The maximum atomic E-state index is 14.1. The molecular weight excluding hydrogens is 433 g/mol. The molecule has 0 unspecified atom stereocenters. The molecule has 2 heterocycles. The van der Waals surface area contributed by atoms with Crippen LogP contribution in [0.25, 0.3) is 0 Å². The van der Waals surface area contributed by atoms with Gasteiger partial charge < -0.3 is 14.7 Å². The largest absolute Gasteiger partial charge is 0.472 e. The summed E-state index contributed by atoms with van der Waals surface area (Å²) in [5.41, 5.74) is 1.59. The molecule has 1 aromatic carbocycles. The van der Waals surface area contributed by atoms with Gasteiger partial charge in [-0.3, -0.25) is 9.69 Å². The Bertz CT molecular complexity index is 1060. The van der Waals surface area contributed by atoms with Gasteiger partial charge in [-0.2, -0.15) is 0 Å². The Balaban J connectivity index is 1.91. The summed E-state index contributed by atoms with van der Waals surface area (Å²) in [5, 5.41) is 9.80. The fraction of sp³-hybridized carbons (Fsp3) is 0.481. The lowest BCUT2D eigenvalue weighted by molar-refractivity contribution is 0.0324. The second kappa shape index (κ2) is 11.5. The zero-order valence-corrected chi connectivity index (χ0v) is 20.6. The third-order valence-electron chi connectivity index (χ3n) is 5.92. The molecule has 0 bridgehead atoms. The predicted molar refractivity (Wildman–Crippen MR) is 130 cm³/mol. The average molecular weight is 468 g/mol. The number of fused-ring (bicyclic) bond motifs is 1. The van der Waals surface area contributed by atoms with Crippen molar-refractivity contribution in [1.29, 1.82) is 0 Å². The standard InChI is InChI=1S/C27H34FN3O3/c1-18(2)10-11-21-12-23-26(29-13-21)34-25(19(3)14-31(27(23)33)20(4)17-32)16-30(5)15-22-8-6-7-9-24(22)28/h6-9,12-13,18-20,25,32H,14-17H2,1-5H3/t19-,20-,25+/m1/s1. The molecule has 34 heavy (non-hydrogen) atoms. The second-order valence-electron chi connectivity index (χ2n) is 9.41. The summed E-state index contributed by atoms with van der Waals surface area (Å²) in [6, 6.07) is 8.08. The van der Waals surface area contributed by atoms with Gasteiger partial charge in [-0.15, -0.1) is 0 Å². The number of nitrogens with zero attached hydrogens (tertiary/aromatic N) is 3. The highest BCUT2D eigenvalue weighted by atomic mass is 19.1. The Labute approximate surface area is 201 Å². The molecule has 2 aromatic rings.